The molecule has 1 saturated carbocycles. The van der Waals surface area contributed by atoms with Crippen LogP contribution in [0.3, 0.4) is 0 Å². The zero-order valence-corrected chi connectivity index (χ0v) is 7.92. The Morgan fingerprint density at radius 3 is 2.38 bits per heavy atom. The number of hydrogen-bond acceptors (Lipinski definition) is 3. The highest BCUT2D eigenvalue weighted by atomic mass is 16.5. The third-order valence-corrected chi connectivity index (χ3v) is 2.95. The van der Waals surface area contributed by atoms with Crippen molar-refractivity contribution in [2.45, 2.75) is 38.2 Å². The second kappa shape index (κ2) is 4.09. The maximum absolute atomic E-state index is 11.4. The van der Waals surface area contributed by atoms with Gasteiger partial charge in [0.1, 0.15) is 6.10 Å². The van der Waals surface area contributed by atoms with Crippen molar-refractivity contribution in [3.05, 3.63) is 0 Å². The lowest BCUT2D eigenvalue weighted by atomic mass is 9.97. The van der Waals surface area contributed by atoms with Crippen molar-refractivity contribution >= 4 is 5.97 Å². The van der Waals surface area contributed by atoms with Crippen molar-refractivity contribution in [1.29, 1.82) is 0 Å². The summed E-state index contributed by atoms with van der Waals surface area (Å²) in [4.78, 5) is 11.4. The maximum Gasteiger partial charge on any atom is 0.311 e. The van der Waals surface area contributed by atoms with E-state index >= 15 is 0 Å². The van der Waals surface area contributed by atoms with E-state index in [0.717, 1.165) is 25.9 Å². The van der Waals surface area contributed by atoms with Crippen LogP contribution in [0, 0.1) is 5.92 Å². The molecule has 2 fully saturated rings. The van der Waals surface area contributed by atoms with E-state index in [1.54, 1.807) is 0 Å². The normalized spacial score (nSPS) is 25.2. The molecule has 1 aliphatic carbocycles. The number of ether oxygens (including phenoxy) is 1. The summed E-state index contributed by atoms with van der Waals surface area (Å²) in [6, 6.07) is 0. The van der Waals surface area contributed by atoms with Gasteiger partial charge in [0.25, 0.3) is 0 Å². The summed E-state index contributed by atoms with van der Waals surface area (Å²) in [5.41, 5.74) is 0. The van der Waals surface area contributed by atoms with E-state index in [0.29, 0.717) is 0 Å². The summed E-state index contributed by atoms with van der Waals surface area (Å²) in [6.45, 7) is 1.62. The van der Waals surface area contributed by atoms with E-state index in [-0.39, 0.29) is 18.0 Å². The van der Waals surface area contributed by atoms with Gasteiger partial charge in [0, 0.05) is 13.1 Å². The Hall–Kier alpha value is -0.570. The Morgan fingerprint density at radius 1 is 1.15 bits per heavy atom. The number of nitrogens with one attached hydrogen (secondary N) is 1. The van der Waals surface area contributed by atoms with Gasteiger partial charge < -0.3 is 10.1 Å². The molecule has 1 N–H and O–H groups in total. The maximum atomic E-state index is 11.4. The zero-order chi connectivity index (χ0) is 9.10. The van der Waals surface area contributed by atoms with Crippen molar-refractivity contribution in [3.8, 4) is 0 Å². The lowest BCUT2D eigenvalue weighted by Gasteiger charge is -2.29. The molecule has 2 rings (SSSR count). The van der Waals surface area contributed by atoms with Gasteiger partial charge in [-0.25, -0.2) is 0 Å². The van der Waals surface area contributed by atoms with Gasteiger partial charge in [0.05, 0.1) is 5.92 Å². The van der Waals surface area contributed by atoms with E-state index in [4.69, 9.17) is 4.74 Å². The highest BCUT2D eigenvalue weighted by Crippen LogP contribution is 2.21. The molecule has 0 aromatic heterocycles. The van der Waals surface area contributed by atoms with Crippen LogP contribution in [0.25, 0.3) is 0 Å². The monoisotopic (exact) mass is 183 g/mol. The van der Waals surface area contributed by atoms with Crippen LogP contribution < -0.4 is 5.32 Å². The van der Waals surface area contributed by atoms with Crippen LogP contribution in [-0.2, 0) is 9.53 Å². The fourth-order valence-electron chi connectivity index (χ4n) is 1.90. The zero-order valence-electron chi connectivity index (χ0n) is 7.92. The van der Waals surface area contributed by atoms with Gasteiger partial charge in [-0.3, -0.25) is 4.79 Å². The second-order valence-electron chi connectivity index (χ2n) is 4.05. The summed E-state index contributed by atoms with van der Waals surface area (Å²) in [5, 5.41) is 3.08. The summed E-state index contributed by atoms with van der Waals surface area (Å²) in [6.07, 6.45) is 6.13. The third-order valence-electron chi connectivity index (χ3n) is 2.95. The molecule has 1 heterocycles. The minimum atomic E-state index is 0.0191. The molecule has 0 aromatic rings. The molecule has 2 aliphatic rings. The van der Waals surface area contributed by atoms with Crippen molar-refractivity contribution in [1.82, 2.24) is 5.32 Å². The third kappa shape index (κ3) is 2.21. The summed E-state index contributed by atoms with van der Waals surface area (Å²) in [7, 11) is 0. The first kappa shape index (κ1) is 9.00. The minimum absolute atomic E-state index is 0.0191. The average molecular weight is 183 g/mol. The summed E-state index contributed by atoms with van der Waals surface area (Å²) < 4.78 is 5.42. The molecular formula is C10H17NO2. The summed E-state index contributed by atoms with van der Waals surface area (Å²) in [5.74, 6) is 0.160. The highest BCUT2D eigenvalue weighted by Gasteiger charge is 2.28. The first-order valence-corrected chi connectivity index (χ1v) is 5.27. The Labute approximate surface area is 78.8 Å². The van der Waals surface area contributed by atoms with E-state index in [9.17, 15) is 4.79 Å². The van der Waals surface area contributed by atoms with Crippen LogP contribution in [-0.4, -0.2) is 25.2 Å². The van der Waals surface area contributed by atoms with Gasteiger partial charge in [0.15, 0.2) is 0 Å². The first-order chi connectivity index (χ1) is 6.36. The quantitative estimate of drug-likeness (QED) is 0.651. The molecule has 0 bridgehead atoms. The van der Waals surface area contributed by atoms with Gasteiger partial charge in [-0.05, 0) is 25.7 Å². The standard InChI is InChI=1S/C10H17NO2/c12-10(8-6-11-7-8)13-9-4-2-1-3-5-9/h8-9,11H,1-7H2. The number of hydrogen-bond donors (Lipinski definition) is 1. The molecule has 0 unspecified atom stereocenters. The van der Waals surface area contributed by atoms with Gasteiger partial charge in [-0.15, -0.1) is 0 Å². The van der Waals surface area contributed by atoms with Crippen LogP contribution in [0.15, 0.2) is 0 Å². The smallest absolute Gasteiger partial charge is 0.311 e. The largest absolute Gasteiger partial charge is 0.462 e. The van der Waals surface area contributed by atoms with Crippen molar-refractivity contribution < 1.29 is 9.53 Å². The lowest BCUT2D eigenvalue weighted by molar-refractivity contribution is -0.157. The topological polar surface area (TPSA) is 38.3 Å². The van der Waals surface area contributed by atoms with Gasteiger partial charge in [-0.1, -0.05) is 6.42 Å². The van der Waals surface area contributed by atoms with Crippen LogP contribution in [0.1, 0.15) is 32.1 Å². The fourth-order valence-corrected chi connectivity index (χ4v) is 1.90. The molecular weight excluding hydrogens is 166 g/mol. The first-order valence-electron chi connectivity index (χ1n) is 5.27. The molecule has 1 aliphatic heterocycles. The van der Waals surface area contributed by atoms with Crippen molar-refractivity contribution in [2.24, 2.45) is 5.92 Å². The fraction of sp³-hybridized carbons (Fsp3) is 0.900. The SMILES string of the molecule is O=C(OC1CCCCC1)C1CNC1. The molecule has 0 atom stereocenters. The Bertz CT molecular complexity index is 183. The van der Waals surface area contributed by atoms with Crippen LogP contribution in [0.2, 0.25) is 0 Å². The van der Waals surface area contributed by atoms with E-state index in [1.807, 2.05) is 0 Å². The Kier molecular flexibility index (Phi) is 2.83. The molecule has 0 amide bonds. The van der Waals surface area contributed by atoms with Crippen LogP contribution in [0.5, 0.6) is 0 Å². The number of esters is 1. The molecule has 0 aromatic carbocycles. The van der Waals surface area contributed by atoms with Gasteiger partial charge in [0.2, 0.25) is 0 Å². The predicted molar refractivity (Wildman–Crippen MR) is 49.3 cm³/mol. The average Bonchev–Trinajstić information content (AvgIpc) is 2.02. The molecule has 3 heteroatoms. The van der Waals surface area contributed by atoms with Crippen molar-refractivity contribution in [2.75, 3.05) is 13.1 Å². The molecule has 0 spiro atoms. The minimum Gasteiger partial charge on any atom is -0.462 e. The van der Waals surface area contributed by atoms with E-state index in [1.165, 1.54) is 19.3 Å². The van der Waals surface area contributed by atoms with Crippen molar-refractivity contribution in [3.63, 3.8) is 0 Å². The summed E-state index contributed by atoms with van der Waals surface area (Å²) >= 11 is 0. The van der Waals surface area contributed by atoms with Crippen LogP contribution in [0.4, 0.5) is 0 Å². The number of carbonyl (C=O) groups is 1. The van der Waals surface area contributed by atoms with Gasteiger partial charge in [-0.2, -0.15) is 0 Å². The van der Waals surface area contributed by atoms with E-state index < -0.39 is 0 Å². The molecule has 3 nitrogen and oxygen atoms in total. The Morgan fingerprint density at radius 2 is 1.85 bits per heavy atom. The molecule has 0 radical (unpaired) electrons. The molecule has 74 valence electrons. The predicted octanol–water partition coefficient (Wildman–Crippen LogP) is 1.08. The number of rotatable bonds is 2. The van der Waals surface area contributed by atoms with Gasteiger partial charge >= 0.3 is 5.97 Å². The Balaban J connectivity index is 1.72. The van der Waals surface area contributed by atoms with E-state index in [2.05, 4.69) is 5.32 Å². The molecule has 1 saturated heterocycles. The second-order valence-corrected chi connectivity index (χ2v) is 4.05. The number of carbonyl (C=O) groups excluding carboxylic acids is 1. The van der Waals surface area contributed by atoms with Crippen LogP contribution >= 0.6 is 0 Å². The highest BCUT2D eigenvalue weighted by molar-refractivity contribution is 5.74. The lowest BCUT2D eigenvalue weighted by Crippen LogP contribution is -2.48. The molecule has 13 heavy (non-hydrogen) atoms.